The van der Waals surface area contributed by atoms with Gasteiger partial charge in [-0.25, -0.2) is 0 Å². The molecule has 0 saturated carbocycles. The normalized spacial score (nSPS) is 12.0. The van der Waals surface area contributed by atoms with Gasteiger partial charge in [0, 0.05) is 18.9 Å². The number of carbonyl (C=O) groups is 1. The minimum absolute atomic E-state index is 0.0128. The molecule has 0 aliphatic rings. The number of ether oxygens (including phenoxy) is 1. The highest BCUT2D eigenvalue weighted by atomic mass is 16.5. The number of amides is 1. The van der Waals surface area contributed by atoms with E-state index < -0.39 is 0 Å². The summed E-state index contributed by atoms with van der Waals surface area (Å²) in [6, 6.07) is 15.1. The van der Waals surface area contributed by atoms with E-state index in [0.29, 0.717) is 13.2 Å². The SMILES string of the molecule is O=C(COCc1ccccc1)NC[C@@H](c1ccco1)n1cccn1. The van der Waals surface area contributed by atoms with E-state index >= 15 is 0 Å². The van der Waals surface area contributed by atoms with Gasteiger partial charge in [-0.2, -0.15) is 5.10 Å². The second kappa shape index (κ2) is 8.12. The summed E-state index contributed by atoms with van der Waals surface area (Å²) in [6.45, 7) is 0.802. The lowest BCUT2D eigenvalue weighted by molar-refractivity contribution is -0.126. The molecule has 2 aromatic heterocycles. The first-order valence-corrected chi connectivity index (χ1v) is 7.74. The van der Waals surface area contributed by atoms with Crippen LogP contribution in [0, 0.1) is 0 Å². The molecule has 24 heavy (non-hydrogen) atoms. The number of nitrogens with one attached hydrogen (secondary N) is 1. The van der Waals surface area contributed by atoms with Crippen LogP contribution in [0.5, 0.6) is 0 Å². The van der Waals surface area contributed by atoms with Crippen LogP contribution in [0.2, 0.25) is 0 Å². The lowest BCUT2D eigenvalue weighted by Crippen LogP contribution is -2.33. The van der Waals surface area contributed by atoms with Crippen molar-refractivity contribution in [3.63, 3.8) is 0 Å². The molecule has 0 bridgehead atoms. The fourth-order valence-electron chi connectivity index (χ4n) is 2.37. The average molecular weight is 325 g/mol. The van der Waals surface area contributed by atoms with Crippen LogP contribution in [-0.4, -0.2) is 28.8 Å². The lowest BCUT2D eigenvalue weighted by atomic mass is 10.2. The number of hydrogen-bond donors (Lipinski definition) is 1. The van der Waals surface area contributed by atoms with Crippen LogP contribution in [0.15, 0.2) is 71.6 Å². The molecule has 0 unspecified atom stereocenters. The third kappa shape index (κ3) is 4.33. The highest BCUT2D eigenvalue weighted by Gasteiger charge is 2.17. The Bertz CT molecular complexity index is 690. The second-order valence-electron chi connectivity index (χ2n) is 5.30. The van der Waals surface area contributed by atoms with Gasteiger partial charge in [0.25, 0.3) is 0 Å². The molecule has 3 aromatic rings. The van der Waals surface area contributed by atoms with Crippen LogP contribution < -0.4 is 5.32 Å². The zero-order valence-electron chi connectivity index (χ0n) is 13.2. The minimum atomic E-state index is -0.187. The van der Waals surface area contributed by atoms with Crippen molar-refractivity contribution in [1.82, 2.24) is 15.1 Å². The Balaban J connectivity index is 1.49. The zero-order valence-corrected chi connectivity index (χ0v) is 13.2. The van der Waals surface area contributed by atoms with Crippen molar-refractivity contribution in [2.75, 3.05) is 13.2 Å². The van der Waals surface area contributed by atoms with Crippen LogP contribution in [0.4, 0.5) is 0 Å². The Hall–Kier alpha value is -2.86. The summed E-state index contributed by atoms with van der Waals surface area (Å²) in [5, 5.41) is 7.09. The zero-order chi connectivity index (χ0) is 16.6. The van der Waals surface area contributed by atoms with E-state index in [-0.39, 0.29) is 18.6 Å². The van der Waals surface area contributed by atoms with E-state index in [1.807, 2.05) is 54.7 Å². The van der Waals surface area contributed by atoms with Crippen LogP contribution in [-0.2, 0) is 16.1 Å². The molecular weight excluding hydrogens is 306 g/mol. The molecule has 1 aromatic carbocycles. The number of carbonyl (C=O) groups excluding carboxylic acids is 1. The number of benzene rings is 1. The maximum absolute atomic E-state index is 12.0. The number of rotatable bonds is 8. The molecule has 6 heteroatoms. The summed E-state index contributed by atoms with van der Waals surface area (Å²) in [4.78, 5) is 12.0. The Morgan fingerprint density at radius 1 is 1.21 bits per heavy atom. The summed E-state index contributed by atoms with van der Waals surface area (Å²) in [6.07, 6.45) is 5.14. The number of furan rings is 1. The highest BCUT2D eigenvalue weighted by Crippen LogP contribution is 2.17. The van der Waals surface area contributed by atoms with E-state index in [9.17, 15) is 4.79 Å². The van der Waals surface area contributed by atoms with E-state index in [0.717, 1.165) is 11.3 Å². The van der Waals surface area contributed by atoms with Crippen LogP contribution in [0.25, 0.3) is 0 Å². The molecule has 6 nitrogen and oxygen atoms in total. The van der Waals surface area contributed by atoms with Gasteiger partial charge in [-0.1, -0.05) is 30.3 Å². The van der Waals surface area contributed by atoms with Crippen molar-refractivity contribution < 1.29 is 13.9 Å². The van der Waals surface area contributed by atoms with Gasteiger partial charge in [0.15, 0.2) is 0 Å². The predicted octanol–water partition coefficient (Wildman–Crippen LogP) is 2.40. The summed E-state index contributed by atoms with van der Waals surface area (Å²) < 4.78 is 12.6. The summed E-state index contributed by atoms with van der Waals surface area (Å²) in [7, 11) is 0. The van der Waals surface area contributed by atoms with Crippen LogP contribution >= 0.6 is 0 Å². The van der Waals surface area contributed by atoms with Gasteiger partial charge in [0.1, 0.15) is 18.4 Å². The van der Waals surface area contributed by atoms with Gasteiger partial charge in [-0.15, -0.1) is 0 Å². The monoisotopic (exact) mass is 325 g/mol. The van der Waals surface area contributed by atoms with Gasteiger partial charge < -0.3 is 14.5 Å². The quantitative estimate of drug-likeness (QED) is 0.690. The van der Waals surface area contributed by atoms with Crippen molar-refractivity contribution in [3.8, 4) is 0 Å². The third-order valence-corrected chi connectivity index (χ3v) is 3.55. The topological polar surface area (TPSA) is 69.3 Å². The lowest BCUT2D eigenvalue weighted by Gasteiger charge is -2.16. The Morgan fingerprint density at radius 3 is 2.79 bits per heavy atom. The minimum Gasteiger partial charge on any atom is -0.467 e. The maximum atomic E-state index is 12.0. The van der Waals surface area contributed by atoms with Gasteiger partial charge in [0.2, 0.25) is 5.91 Å². The highest BCUT2D eigenvalue weighted by molar-refractivity contribution is 5.77. The molecular formula is C18H19N3O3. The molecule has 3 rings (SSSR count). The van der Waals surface area contributed by atoms with E-state index in [2.05, 4.69) is 10.4 Å². The smallest absolute Gasteiger partial charge is 0.246 e. The predicted molar refractivity (Wildman–Crippen MR) is 88.2 cm³/mol. The fourth-order valence-corrected chi connectivity index (χ4v) is 2.37. The fraction of sp³-hybridized carbons (Fsp3) is 0.222. The van der Waals surface area contributed by atoms with Gasteiger partial charge >= 0.3 is 0 Å². The van der Waals surface area contributed by atoms with E-state index in [1.54, 1.807) is 17.1 Å². The Morgan fingerprint density at radius 2 is 2.08 bits per heavy atom. The number of aromatic nitrogens is 2. The van der Waals surface area contributed by atoms with Crippen molar-refractivity contribution >= 4 is 5.91 Å². The molecule has 0 radical (unpaired) electrons. The van der Waals surface area contributed by atoms with Crippen LogP contribution in [0.1, 0.15) is 17.4 Å². The first-order chi connectivity index (χ1) is 11.8. The van der Waals surface area contributed by atoms with Gasteiger partial charge in [-0.05, 0) is 23.8 Å². The number of nitrogens with zero attached hydrogens (tertiary/aromatic N) is 2. The first kappa shape index (κ1) is 16.0. The van der Waals surface area contributed by atoms with Crippen molar-refractivity contribution in [2.24, 2.45) is 0 Å². The molecule has 0 aliphatic heterocycles. The molecule has 1 N–H and O–H groups in total. The molecule has 1 amide bonds. The second-order valence-corrected chi connectivity index (χ2v) is 5.30. The summed E-state index contributed by atoms with van der Waals surface area (Å²) in [5.41, 5.74) is 1.04. The Labute approximate surface area is 140 Å². The van der Waals surface area contributed by atoms with Gasteiger partial charge in [0.05, 0.1) is 12.9 Å². The Kier molecular flexibility index (Phi) is 5.42. The maximum Gasteiger partial charge on any atom is 0.246 e. The third-order valence-electron chi connectivity index (χ3n) is 3.55. The van der Waals surface area contributed by atoms with Crippen molar-refractivity contribution in [1.29, 1.82) is 0 Å². The summed E-state index contributed by atoms with van der Waals surface area (Å²) >= 11 is 0. The molecule has 1 atom stereocenters. The van der Waals surface area contributed by atoms with Crippen molar-refractivity contribution in [2.45, 2.75) is 12.6 Å². The first-order valence-electron chi connectivity index (χ1n) is 7.74. The average Bonchev–Trinajstić information content (AvgIpc) is 3.30. The van der Waals surface area contributed by atoms with Crippen molar-refractivity contribution in [3.05, 3.63) is 78.5 Å². The van der Waals surface area contributed by atoms with Gasteiger partial charge in [-0.3, -0.25) is 9.48 Å². The standard InChI is InChI=1S/C18H19N3O3/c22-18(14-23-13-15-6-2-1-3-7-15)19-12-16(17-8-4-11-24-17)21-10-5-9-20-21/h1-11,16H,12-14H2,(H,19,22)/t16-/m0/s1. The summed E-state index contributed by atoms with van der Waals surface area (Å²) in [5.74, 6) is 0.568. The largest absolute Gasteiger partial charge is 0.467 e. The molecule has 0 saturated heterocycles. The molecule has 0 spiro atoms. The molecule has 0 aliphatic carbocycles. The van der Waals surface area contributed by atoms with Crippen LogP contribution in [0.3, 0.4) is 0 Å². The number of hydrogen-bond acceptors (Lipinski definition) is 4. The molecule has 2 heterocycles. The van der Waals surface area contributed by atoms with E-state index in [4.69, 9.17) is 9.15 Å². The molecule has 124 valence electrons. The molecule has 0 fully saturated rings. The van der Waals surface area contributed by atoms with E-state index in [1.165, 1.54) is 0 Å².